The number of nitro groups is 1. The lowest BCUT2D eigenvalue weighted by Crippen LogP contribution is -2.18. The highest BCUT2D eigenvalue weighted by Gasteiger charge is 2.15. The molecule has 1 aromatic carbocycles. The summed E-state index contributed by atoms with van der Waals surface area (Å²) in [6.45, 7) is 6.07. The second kappa shape index (κ2) is 6.23. The summed E-state index contributed by atoms with van der Waals surface area (Å²) in [6, 6.07) is 5.61. The van der Waals surface area contributed by atoms with Crippen LogP contribution >= 0.6 is 0 Å². The molecule has 94 valence electrons. The van der Waals surface area contributed by atoms with Crippen molar-refractivity contribution in [2.24, 2.45) is 0 Å². The average molecular weight is 236 g/mol. The van der Waals surface area contributed by atoms with Crippen molar-refractivity contribution in [1.29, 1.82) is 0 Å². The fraction of sp³-hybridized carbons (Fsp3) is 0.538. The lowest BCUT2D eigenvalue weighted by molar-refractivity contribution is -0.384. The van der Waals surface area contributed by atoms with Gasteiger partial charge in [0.2, 0.25) is 0 Å². The number of nitrogens with zero attached hydrogens (tertiary/aromatic N) is 1. The summed E-state index contributed by atoms with van der Waals surface area (Å²) in [5.74, 6) is 0. The van der Waals surface area contributed by atoms with Crippen molar-refractivity contribution < 1.29 is 4.92 Å². The maximum absolute atomic E-state index is 11.0. The summed E-state index contributed by atoms with van der Waals surface area (Å²) in [5, 5.41) is 14.2. The first-order valence-corrected chi connectivity index (χ1v) is 6.10. The van der Waals surface area contributed by atoms with Crippen LogP contribution in [-0.4, -0.2) is 11.0 Å². The Labute approximate surface area is 102 Å². The monoisotopic (exact) mass is 236 g/mol. The van der Waals surface area contributed by atoms with Gasteiger partial charge in [-0.2, -0.15) is 0 Å². The van der Waals surface area contributed by atoms with Crippen LogP contribution in [0.5, 0.6) is 0 Å². The summed E-state index contributed by atoms with van der Waals surface area (Å²) in [7, 11) is 0. The fourth-order valence-corrected chi connectivity index (χ4v) is 1.86. The first kappa shape index (κ1) is 13.5. The maximum atomic E-state index is 11.0. The lowest BCUT2D eigenvalue weighted by atomic mass is 10.1. The van der Waals surface area contributed by atoms with Gasteiger partial charge in [-0.1, -0.05) is 26.3 Å². The molecule has 0 radical (unpaired) electrons. The van der Waals surface area contributed by atoms with Gasteiger partial charge in [0, 0.05) is 12.1 Å². The molecule has 1 atom stereocenters. The Morgan fingerprint density at radius 1 is 1.41 bits per heavy atom. The molecule has 0 saturated carbocycles. The van der Waals surface area contributed by atoms with E-state index < -0.39 is 0 Å². The van der Waals surface area contributed by atoms with Crippen LogP contribution < -0.4 is 5.32 Å². The number of nitro benzene ring substituents is 1. The molecule has 0 aromatic heterocycles. The molecule has 4 nitrogen and oxygen atoms in total. The van der Waals surface area contributed by atoms with E-state index in [2.05, 4.69) is 19.2 Å². The Bertz CT molecular complexity index is 391. The highest BCUT2D eigenvalue weighted by Crippen LogP contribution is 2.26. The number of hydrogen-bond acceptors (Lipinski definition) is 3. The van der Waals surface area contributed by atoms with Crippen LogP contribution in [0.2, 0.25) is 0 Å². The van der Waals surface area contributed by atoms with Gasteiger partial charge in [-0.25, -0.2) is 0 Å². The smallest absolute Gasteiger partial charge is 0.292 e. The SMILES string of the molecule is CCCC(CC)Nc1ccc(C)cc1[N+](=O)[O-]. The van der Waals surface area contributed by atoms with E-state index in [-0.39, 0.29) is 10.6 Å². The molecule has 0 fully saturated rings. The summed E-state index contributed by atoms with van der Waals surface area (Å²) in [5.41, 5.74) is 1.70. The quantitative estimate of drug-likeness (QED) is 0.602. The lowest BCUT2D eigenvalue weighted by Gasteiger charge is -2.17. The van der Waals surface area contributed by atoms with Crippen LogP contribution in [0.3, 0.4) is 0 Å². The molecule has 0 bridgehead atoms. The van der Waals surface area contributed by atoms with Gasteiger partial charge in [-0.05, 0) is 31.4 Å². The zero-order valence-electron chi connectivity index (χ0n) is 10.7. The van der Waals surface area contributed by atoms with E-state index in [1.807, 2.05) is 13.0 Å². The van der Waals surface area contributed by atoms with E-state index in [4.69, 9.17) is 0 Å². The van der Waals surface area contributed by atoms with E-state index in [9.17, 15) is 10.1 Å². The molecule has 0 amide bonds. The molecule has 1 N–H and O–H groups in total. The van der Waals surface area contributed by atoms with Gasteiger partial charge in [0.1, 0.15) is 5.69 Å². The number of aryl methyl sites for hydroxylation is 1. The number of hydrogen-bond donors (Lipinski definition) is 1. The van der Waals surface area contributed by atoms with E-state index >= 15 is 0 Å². The minimum absolute atomic E-state index is 0.166. The molecular formula is C13H20N2O2. The van der Waals surface area contributed by atoms with Crippen molar-refractivity contribution >= 4 is 11.4 Å². The number of benzene rings is 1. The zero-order valence-corrected chi connectivity index (χ0v) is 10.7. The maximum Gasteiger partial charge on any atom is 0.292 e. The van der Waals surface area contributed by atoms with Gasteiger partial charge in [0.25, 0.3) is 5.69 Å². The van der Waals surface area contributed by atoms with Crippen molar-refractivity contribution in [1.82, 2.24) is 0 Å². The van der Waals surface area contributed by atoms with E-state index in [1.54, 1.807) is 12.1 Å². The van der Waals surface area contributed by atoms with Crippen molar-refractivity contribution in [3.05, 3.63) is 33.9 Å². The van der Waals surface area contributed by atoms with E-state index in [0.29, 0.717) is 11.7 Å². The Morgan fingerprint density at radius 3 is 2.65 bits per heavy atom. The highest BCUT2D eigenvalue weighted by molar-refractivity contribution is 5.62. The van der Waals surface area contributed by atoms with Crippen LogP contribution in [0.25, 0.3) is 0 Å². The predicted molar refractivity (Wildman–Crippen MR) is 70.4 cm³/mol. The van der Waals surface area contributed by atoms with Crippen molar-refractivity contribution in [2.75, 3.05) is 5.32 Å². The molecule has 4 heteroatoms. The molecule has 1 rings (SSSR count). The van der Waals surface area contributed by atoms with Crippen molar-refractivity contribution in [3.63, 3.8) is 0 Å². The first-order chi connectivity index (χ1) is 8.08. The topological polar surface area (TPSA) is 55.2 Å². The molecule has 0 spiro atoms. The van der Waals surface area contributed by atoms with Crippen LogP contribution in [0.15, 0.2) is 18.2 Å². The highest BCUT2D eigenvalue weighted by atomic mass is 16.6. The molecule has 0 heterocycles. The van der Waals surface area contributed by atoms with Gasteiger partial charge in [-0.15, -0.1) is 0 Å². The Hall–Kier alpha value is -1.58. The van der Waals surface area contributed by atoms with Gasteiger partial charge >= 0.3 is 0 Å². The summed E-state index contributed by atoms with van der Waals surface area (Å²) in [6.07, 6.45) is 3.07. The number of anilines is 1. The third-order valence-corrected chi connectivity index (χ3v) is 2.84. The first-order valence-electron chi connectivity index (χ1n) is 6.10. The molecule has 1 aromatic rings. The minimum atomic E-state index is -0.325. The van der Waals surface area contributed by atoms with Gasteiger partial charge in [0.15, 0.2) is 0 Å². The van der Waals surface area contributed by atoms with Crippen LogP contribution in [0.1, 0.15) is 38.7 Å². The molecule has 0 aliphatic rings. The van der Waals surface area contributed by atoms with Crippen LogP contribution in [-0.2, 0) is 0 Å². The summed E-state index contributed by atoms with van der Waals surface area (Å²) >= 11 is 0. The summed E-state index contributed by atoms with van der Waals surface area (Å²) in [4.78, 5) is 10.6. The summed E-state index contributed by atoms with van der Waals surface area (Å²) < 4.78 is 0. The van der Waals surface area contributed by atoms with Crippen molar-refractivity contribution in [3.8, 4) is 0 Å². The van der Waals surface area contributed by atoms with Crippen LogP contribution in [0.4, 0.5) is 11.4 Å². The number of rotatable bonds is 6. The minimum Gasteiger partial charge on any atom is -0.377 e. The third-order valence-electron chi connectivity index (χ3n) is 2.84. The molecule has 17 heavy (non-hydrogen) atoms. The largest absolute Gasteiger partial charge is 0.377 e. The molecule has 0 aliphatic carbocycles. The Morgan fingerprint density at radius 2 is 2.12 bits per heavy atom. The fourth-order valence-electron chi connectivity index (χ4n) is 1.86. The second-order valence-electron chi connectivity index (χ2n) is 4.32. The molecule has 1 unspecified atom stereocenters. The molecule has 0 aliphatic heterocycles. The zero-order chi connectivity index (χ0) is 12.8. The van der Waals surface area contributed by atoms with Gasteiger partial charge in [-0.3, -0.25) is 10.1 Å². The third kappa shape index (κ3) is 3.73. The van der Waals surface area contributed by atoms with E-state index in [0.717, 1.165) is 24.8 Å². The Kier molecular flexibility index (Phi) is 4.94. The average Bonchev–Trinajstić information content (AvgIpc) is 2.30. The molecule has 0 saturated heterocycles. The van der Waals surface area contributed by atoms with E-state index in [1.165, 1.54) is 0 Å². The van der Waals surface area contributed by atoms with Crippen LogP contribution in [0, 0.1) is 17.0 Å². The second-order valence-corrected chi connectivity index (χ2v) is 4.32. The predicted octanol–water partition coefficient (Wildman–Crippen LogP) is 3.89. The Balaban J connectivity index is 2.92. The normalized spacial score (nSPS) is 12.2. The number of nitrogens with one attached hydrogen (secondary N) is 1. The van der Waals surface area contributed by atoms with Gasteiger partial charge in [0.05, 0.1) is 4.92 Å². The van der Waals surface area contributed by atoms with Gasteiger partial charge < -0.3 is 5.32 Å². The standard InChI is InChI=1S/C13H20N2O2/c1-4-6-11(5-2)14-12-8-7-10(3)9-13(12)15(16)17/h7-9,11,14H,4-6H2,1-3H3. The van der Waals surface area contributed by atoms with Crippen molar-refractivity contribution in [2.45, 2.75) is 46.1 Å². The molecular weight excluding hydrogens is 216 g/mol.